The van der Waals surface area contributed by atoms with Crippen molar-refractivity contribution in [1.82, 2.24) is 10.2 Å². The fraction of sp³-hybridized carbons (Fsp3) is 1.00. The maximum Gasteiger partial charge on any atom is 0.00412 e. The lowest BCUT2D eigenvalue weighted by Gasteiger charge is -2.34. The van der Waals surface area contributed by atoms with E-state index in [1.54, 1.807) is 0 Å². The van der Waals surface area contributed by atoms with Crippen molar-refractivity contribution < 1.29 is 0 Å². The third-order valence-corrected chi connectivity index (χ3v) is 3.57. The Kier molecular flexibility index (Phi) is 6.37. The first-order chi connectivity index (χ1) is 7.61. The van der Waals surface area contributed by atoms with Crippen molar-refractivity contribution in [2.75, 3.05) is 26.2 Å². The zero-order chi connectivity index (χ0) is 12.0. The van der Waals surface area contributed by atoms with E-state index in [9.17, 15) is 0 Å². The van der Waals surface area contributed by atoms with E-state index in [2.05, 4.69) is 37.9 Å². The molecular formula is C14H30N2. The van der Waals surface area contributed by atoms with Gasteiger partial charge in [-0.2, -0.15) is 0 Å². The first-order valence-electron chi connectivity index (χ1n) is 7.07. The largest absolute Gasteiger partial charge is 0.315 e. The van der Waals surface area contributed by atoms with Gasteiger partial charge < -0.3 is 10.2 Å². The van der Waals surface area contributed by atoms with Crippen LogP contribution < -0.4 is 5.32 Å². The molecule has 2 nitrogen and oxygen atoms in total. The molecule has 0 aromatic heterocycles. The number of rotatable bonds is 6. The molecule has 0 radical (unpaired) electrons. The molecule has 1 heterocycles. The molecule has 1 fully saturated rings. The molecule has 1 unspecified atom stereocenters. The van der Waals surface area contributed by atoms with Gasteiger partial charge in [-0.3, -0.25) is 0 Å². The Hall–Kier alpha value is -0.0800. The SMILES string of the molecule is CCNC(C)CC1CCN(CC(C)C)CC1. The van der Waals surface area contributed by atoms with Gasteiger partial charge in [0.05, 0.1) is 0 Å². The second-order valence-electron chi connectivity index (χ2n) is 5.83. The van der Waals surface area contributed by atoms with Crippen LogP contribution in [0.25, 0.3) is 0 Å². The second kappa shape index (κ2) is 7.29. The van der Waals surface area contributed by atoms with Crippen molar-refractivity contribution in [3.8, 4) is 0 Å². The Morgan fingerprint density at radius 2 is 1.81 bits per heavy atom. The van der Waals surface area contributed by atoms with E-state index in [-0.39, 0.29) is 0 Å². The predicted octanol–water partition coefficient (Wildman–Crippen LogP) is 2.74. The van der Waals surface area contributed by atoms with Gasteiger partial charge in [0.2, 0.25) is 0 Å². The van der Waals surface area contributed by atoms with E-state index in [1.807, 2.05) is 0 Å². The molecule has 0 spiro atoms. The van der Waals surface area contributed by atoms with Gasteiger partial charge in [-0.25, -0.2) is 0 Å². The van der Waals surface area contributed by atoms with Crippen LogP contribution in [0.5, 0.6) is 0 Å². The third kappa shape index (κ3) is 5.31. The molecule has 1 saturated heterocycles. The zero-order valence-corrected chi connectivity index (χ0v) is 11.6. The number of nitrogens with one attached hydrogen (secondary N) is 1. The van der Waals surface area contributed by atoms with Gasteiger partial charge >= 0.3 is 0 Å². The highest BCUT2D eigenvalue weighted by atomic mass is 15.1. The van der Waals surface area contributed by atoms with Crippen molar-refractivity contribution in [2.24, 2.45) is 11.8 Å². The number of hydrogen-bond acceptors (Lipinski definition) is 2. The number of likely N-dealkylation sites (tertiary alicyclic amines) is 1. The molecule has 0 amide bonds. The molecule has 16 heavy (non-hydrogen) atoms. The predicted molar refractivity (Wildman–Crippen MR) is 71.8 cm³/mol. The van der Waals surface area contributed by atoms with Crippen molar-refractivity contribution in [3.05, 3.63) is 0 Å². The van der Waals surface area contributed by atoms with Crippen LogP contribution in [0.4, 0.5) is 0 Å². The lowest BCUT2D eigenvalue weighted by Crippen LogP contribution is -2.38. The zero-order valence-electron chi connectivity index (χ0n) is 11.6. The summed E-state index contributed by atoms with van der Waals surface area (Å²) in [6, 6.07) is 0.701. The summed E-state index contributed by atoms with van der Waals surface area (Å²) in [6.07, 6.45) is 4.17. The van der Waals surface area contributed by atoms with Gasteiger partial charge in [-0.05, 0) is 57.7 Å². The van der Waals surface area contributed by atoms with Crippen LogP contribution in [0.3, 0.4) is 0 Å². The summed E-state index contributed by atoms with van der Waals surface area (Å²) in [7, 11) is 0. The molecule has 0 aromatic rings. The quantitative estimate of drug-likeness (QED) is 0.749. The highest BCUT2D eigenvalue weighted by Crippen LogP contribution is 2.22. The maximum atomic E-state index is 3.52. The molecule has 1 N–H and O–H groups in total. The molecular weight excluding hydrogens is 196 g/mol. The molecule has 1 aliphatic heterocycles. The number of hydrogen-bond donors (Lipinski definition) is 1. The van der Waals surface area contributed by atoms with Crippen LogP contribution >= 0.6 is 0 Å². The lowest BCUT2D eigenvalue weighted by molar-refractivity contribution is 0.158. The summed E-state index contributed by atoms with van der Waals surface area (Å²) in [6.45, 7) is 14.2. The van der Waals surface area contributed by atoms with E-state index in [0.29, 0.717) is 6.04 Å². The van der Waals surface area contributed by atoms with E-state index >= 15 is 0 Å². The van der Waals surface area contributed by atoms with Crippen molar-refractivity contribution in [3.63, 3.8) is 0 Å². The van der Waals surface area contributed by atoms with Gasteiger partial charge in [0.25, 0.3) is 0 Å². The fourth-order valence-electron chi connectivity index (χ4n) is 2.85. The van der Waals surface area contributed by atoms with E-state index in [4.69, 9.17) is 0 Å². The minimum absolute atomic E-state index is 0.701. The molecule has 0 aliphatic carbocycles. The summed E-state index contributed by atoms with van der Waals surface area (Å²) < 4.78 is 0. The average Bonchev–Trinajstić information content (AvgIpc) is 2.20. The highest BCUT2D eigenvalue weighted by molar-refractivity contribution is 4.76. The van der Waals surface area contributed by atoms with Gasteiger partial charge in [0.15, 0.2) is 0 Å². The number of piperidine rings is 1. The second-order valence-corrected chi connectivity index (χ2v) is 5.83. The Morgan fingerprint density at radius 1 is 1.19 bits per heavy atom. The van der Waals surface area contributed by atoms with Crippen LogP contribution in [0.1, 0.15) is 47.0 Å². The Morgan fingerprint density at radius 3 is 2.31 bits per heavy atom. The molecule has 1 aliphatic rings. The topological polar surface area (TPSA) is 15.3 Å². The third-order valence-electron chi connectivity index (χ3n) is 3.57. The van der Waals surface area contributed by atoms with Crippen LogP contribution in [0.2, 0.25) is 0 Å². The van der Waals surface area contributed by atoms with Crippen LogP contribution in [-0.4, -0.2) is 37.1 Å². The molecule has 2 heteroatoms. The fourth-order valence-corrected chi connectivity index (χ4v) is 2.85. The Labute approximate surface area is 102 Å². The number of nitrogens with zero attached hydrogens (tertiary/aromatic N) is 1. The standard InChI is InChI=1S/C14H30N2/c1-5-15-13(4)10-14-6-8-16(9-7-14)11-12(2)3/h12-15H,5-11H2,1-4H3. The van der Waals surface area contributed by atoms with Crippen LogP contribution in [0.15, 0.2) is 0 Å². The van der Waals surface area contributed by atoms with Gasteiger partial charge in [-0.15, -0.1) is 0 Å². The Bertz CT molecular complexity index is 172. The van der Waals surface area contributed by atoms with Crippen LogP contribution in [-0.2, 0) is 0 Å². The molecule has 0 saturated carbocycles. The minimum atomic E-state index is 0.701. The summed E-state index contributed by atoms with van der Waals surface area (Å²) in [5, 5.41) is 3.52. The molecule has 0 aromatic carbocycles. The van der Waals surface area contributed by atoms with Crippen molar-refractivity contribution in [2.45, 2.75) is 53.0 Å². The van der Waals surface area contributed by atoms with Gasteiger partial charge in [-0.1, -0.05) is 20.8 Å². The normalized spacial score (nSPS) is 21.6. The minimum Gasteiger partial charge on any atom is -0.315 e. The average molecular weight is 226 g/mol. The molecule has 0 bridgehead atoms. The first-order valence-corrected chi connectivity index (χ1v) is 7.07. The smallest absolute Gasteiger partial charge is 0.00412 e. The van der Waals surface area contributed by atoms with Crippen molar-refractivity contribution >= 4 is 0 Å². The summed E-state index contributed by atoms with van der Waals surface area (Å²) in [4.78, 5) is 2.64. The van der Waals surface area contributed by atoms with E-state index in [0.717, 1.165) is 18.4 Å². The monoisotopic (exact) mass is 226 g/mol. The van der Waals surface area contributed by atoms with Gasteiger partial charge in [0.1, 0.15) is 0 Å². The molecule has 1 rings (SSSR count). The van der Waals surface area contributed by atoms with E-state index in [1.165, 1.54) is 38.9 Å². The maximum absolute atomic E-state index is 3.52. The summed E-state index contributed by atoms with van der Waals surface area (Å²) in [5.41, 5.74) is 0. The van der Waals surface area contributed by atoms with Crippen molar-refractivity contribution in [1.29, 1.82) is 0 Å². The highest BCUT2D eigenvalue weighted by Gasteiger charge is 2.20. The Balaban J connectivity index is 2.16. The molecule has 1 atom stereocenters. The lowest BCUT2D eigenvalue weighted by atomic mass is 9.90. The first kappa shape index (κ1) is 14.0. The van der Waals surface area contributed by atoms with Gasteiger partial charge in [0, 0.05) is 12.6 Å². The van der Waals surface area contributed by atoms with E-state index < -0.39 is 0 Å². The molecule has 96 valence electrons. The summed E-state index contributed by atoms with van der Waals surface area (Å²) >= 11 is 0. The summed E-state index contributed by atoms with van der Waals surface area (Å²) in [5.74, 6) is 1.77. The van der Waals surface area contributed by atoms with Crippen LogP contribution in [0, 0.1) is 11.8 Å².